The Morgan fingerprint density at radius 2 is 2.08 bits per heavy atom. The van der Waals surface area contributed by atoms with Crippen LogP contribution in [0.25, 0.3) is 22.6 Å². The van der Waals surface area contributed by atoms with Gasteiger partial charge in [0.2, 0.25) is 0 Å². The Morgan fingerprint density at radius 1 is 1.27 bits per heavy atom. The zero-order chi connectivity index (χ0) is 18.4. The van der Waals surface area contributed by atoms with Gasteiger partial charge in [0, 0.05) is 16.6 Å². The lowest BCUT2D eigenvalue weighted by molar-refractivity contribution is 0.0697. The quantitative estimate of drug-likeness (QED) is 0.689. The van der Waals surface area contributed by atoms with Gasteiger partial charge in [-0.25, -0.2) is 14.2 Å². The predicted molar refractivity (Wildman–Crippen MR) is 99.6 cm³/mol. The average molecular weight is 415 g/mol. The van der Waals surface area contributed by atoms with Crippen LogP contribution < -0.4 is 5.56 Å². The van der Waals surface area contributed by atoms with Crippen molar-refractivity contribution < 1.29 is 14.3 Å². The van der Waals surface area contributed by atoms with Gasteiger partial charge in [0.25, 0.3) is 5.56 Å². The molecule has 1 aliphatic heterocycles. The van der Waals surface area contributed by atoms with Crippen LogP contribution in [-0.2, 0) is 6.54 Å². The van der Waals surface area contributed by atoms with Gasteiger partial charge in [-0.2, -0.15) is 0 Å². The highest BCUT2D eigenvalue weighted by Gasteiger charge is 2.21. The van der Waals surface area contributed by atoms with Crippen LogP contribution in [0.4, 0.5) is 4.39 Å². The molecule has 0 radical (unpaired) electrons. The Balaban J connectivity index is 1.91. The number of hydrogen-bond donors (Lipinski definition) is 1. The van der Waals surface area contributed by atoms with Crippen molar-refractivity contribution in [2.24, 2.45) is 0 Å². The molecule has 2 aromatic carbocycles. The highest BCUT2D eigenvalue weighted by Crippen LogP contribution is 2.29. The average Bonchev–Trinajstić information content (AvgIpc) is 3.01. The van der Waals surface area contributed by atoms with E-state index in [1.807, 2.05) is 0 Å². The van der Waals surface area contributed by atoms with Crippen molar-refractivity contribution in [1.29, 1.82) is 0 Å². The normalized spacial score (nSPS) is 14.8. The van der Waals surface area contributed by atoms with Crippen molar-refractivity contribution in [3.63, 3.8) is 0 Å². The maximum atomic E-state index is 14.1. The first kappa shape index (κ1) is 16.7. The Labute approximate surface area is 155 Å². The highest BCUT2D eigenvalue weighted by atomic mass is 79.9. The van der Waals surface area contributed by atoms with E-state index in [1.165, 1.54) is 24.3 Å². The highest BCUT2D eigenvalue weighted by molar-refractivity contribution is 9.10. The van der Waals surface area contributed by atoms with Gasteiger partial charge in [-0.15, -0.1) is 0 Å². The van der Waals surface area contributed by atoms with Gasteiger partial charge in [-0.3, -0.25) is 9.36 Å². The number of fused-ring (bicyclic) bond motifs is 2. The third-order valence-corrected chi connectivity index (χ3v) is 4.88. The van der Waals surface area contributed by atoms with Crippen molar-refractivity contribution in [2.75, 3.05) is 0 Å². The van der Waals surface area contributed by atoms with Gasteiger partial charge in [-0.05, 0) is 54.5 Å². The van der Waals surface area contributed by atoms with Crippen LogP contribution in [0, 0.1) is 5.82 Å². The number of halogens is 2. The molecule has 1 aromatic heterocycles. The fourth-order valence-corrected chi connectivity index (χ4v) is 3.48. The summed E-state index contributed by atoms with van der Waals surface area (Å²) >= 11 is 3.32. The number of carboxylic acid groups (broad SMARTS) is 1. The van der Waals surface area contributed by atoms with Crippen molar-refractivity contribution in [3.05, 3.63) is 74.0 Å². The summed E-state index contributed by atoms with van der Waals surface area (Å²) in [5.41, 5.74) is 1.30. The maximum Gasteiger partial charge on any atom is 0.335 e. The van der Waals surface area contributed by atoms with Gasteiger partial charge >= 0.3 is 5.97 Å². The lowest BCUT2D eigenvalue weighted by atomic mass is 10.1. The molecule has 0 bridgehead atoms. The summed E-state index contributed by atoms with van der Waals surface area (Å²) < 4.78 is 16.3. The van der Waals surface area contributed by atoms with Crippen molar-refractivity contribution in [1.82, 2.24) is 9.55 Å². The SMILES string of the molecule is O=C(O)c1ccc2c(=O)n3c(nc2c1)/C(=C/c1cc(Br)ccc1F)CC3. The topological polar surface area (TPSA) is 72.2 Å². The molecule has 0 saturated carbocycles. The molecule has 4 rings (SSSR count). The fourth-order valence-electron chi connectivity index (χ4n) is 3.10. The summed E-state index contributed by atoms with van der Waals surface area (Å²) in [6.45, 7) is 0.458. The Bertz CT molecular complexity index is 1170. The van der Waals surface area contributed by atoms with Gasteiger partial charge in [0.05, 0.1) is 16.5 Å². The maximum absolute atomic E-state index is 14.1. The molecule has 0 aliphatic carbocycles. The Hall–Kier alpha value is -2.80. The predicted octanol–water partition coefficient (Wildman–Crippen LogP) is 3.94. The number of carboxylic acids is 1. The summed E-state index contributed by atoms with van der Waals surface area (Å²) in [4.78, 5) is 28.3. The van der Waals surface area contributed by atoms with Crippen molar-refractivity contribution in [2.45, 2.75) is 13.0 Å². The molecule has 1 N–H and O–H groups in total. The summed E-state index contributed by atoms with van der Waals surface area (Å²) in [7, 11) is 0. The Kier molecular flexibility index (Phi) is 3.96. The van der Waals surface area contributed by atoms with E-state index in [-0.39, 0.29) is 16.9 Å². The molecule has 0 atom stereocenters. The molecular weight excluding hydrogens is 403 g/mol. The first-order valence-corrected chi connectivity index (χ1v) is 8.67. The molecule has 0 fully saturated rings. The third-order valence-electron chi connectivity index (χ3n) is 4.38. The van der Waals surface area contributed by atoms with E-state index in [4.69, 9.17) is 5.11 Å². The van der Waals surface area contributed by atoms with Crippen LogP contribution in [-0.4, -0.2) is 20.6 Å². The van der Waals surface area contributed by atoms with Crippen LogP contribution in [0.2, 0.25) is 0 Å². The first-order valence-electron chi connectivity index (χ1n) is 7.88. The molecule has 3 aromatic rings. The first-order chi connectivity index (χ1) is 12.4. The number of benzene rings is 2. The van der Waals surface area contributed by atoms with Gasteiger partial charge in [0.1, 0.15) is 11.6 Å². The summed E-state index contributed by atoms with van der Waals surface area (Å²) in [6.07, 6.45) is 2.23. The molecule has 0 spiro atoms. The van der Waals surface area contributed by atoms with Crippen LogP contribution in [0.5, 0.6) is 0 Å². The zero-order valence-electron chi connectivity index (χ0n) is 13.4. The molecule has 1 aliphatic rings. The number of allylic oxidation sites excluding steroid dienone is 1. The third kappa shape index (κ3) is 2.74. The van der Waals surface area contributed by atoms with Gasteiger partial charge in [-0.1, -0.05) is 15.9 Å². The number of hydrogen-bond acceptors (Lipinski definition) is 3. The molecular formula is C19H12BrFN2O3. The van der Waals surface area contributed by atoms with E-state index >= 15 is 0 Å². The van der Waals surface area contributed by atoms with E-state index < -0.39 is 5.97 Å². The molecule has 0 saturated heterocycles. The van der Waals surface area contributed by atoms with E-state index in [9.17, 15) is 14.0 Å². The minimum absolute atomic E-state index is 0.0657. The van der Waals surface area contributed by atoms with Gasteiger partial charge < -0.3 is 5.11 Å². The minimum Gasteiger partial charge on any atom is -0.478 e. The molecule has 26 heavy (non-hydrogen) atoms. The van der Waals surface area contributed by atoms with Crippen LogP contribution >= 0.6 is 15.9 Å². The minimum atomic E-state index is -1.08. The second-order valence-corrected chi connectivity index (χ2v) is 6.93. The molecule has 0 unspecified atom stereocenters. The lowest BCUT2D eigenvalue weighted by Gasteiger charge is -2.06. The fraction of sp³-hybridized carbons (Fsp3) is 0.105. The number of rotatable bonds is 2. The van der Waals surface area contributed by atoms with Crippen LogP contribution in [0.15, 0.2) is 45.7 Å². The Morgan fingerprint density at radius 3 is 2.85 bits per heavy atom. The largest absolute Gasteiger partial charge is 0.478 e. The summed E-state index contributed by atoms with van der Waals surface area (Å²) in [5, 5.41) is 9.51. The number of aromatic carboxylic acids is 1. The molecule has 2 heterocycles. The second-order valence-electron chi connectivity index (χ2n) is 6.01. The molecule has 130 valence electrons. The lowest BCUT2D eigenvalue weighted by Crippen LogP contribution is -2.21. The second kappa shape index (κ2) is 6.17. The van der Waals surface area contributed by atoms with Crippen molar-refractivity contribution >= 4 is 44.5 Å². The number of aromatic nitrogens is 2. The summed E-state index contributed by atoms with van der Waals surface area (Å²) in [6, 6.07) is 8.90. The number of carbonyl (C=O) groups is 1. The van der Waals surface area contributed by atoms with Crippen LogP contribution in [0.3, 0.4) is 0 Å². The number of nitrogens with zero attached hydrogens (tertiary/aromatic N) is 2. The van der Waals surface area contributed by atoms with E-state index in [1.54, 1.807) is 22.8 Å². The monoisotopic (exact) mass is 414 g/mol. The summed E-state index contributed by atoms with van der Waals surface area (Å²) in [5.74, 6) is -0.999. The molecule has 7 heteroatoms. The van der Waals surface area contributed by atoms with E-state index in [0.29, 0.717) is 35.3 Å². The van der Waals surface area contributed by atoms with E-state index in [0.717, 1.165) is 10.0 Å². The van der Waals surface area contributed by atoms with Crippen LogP contribution in [0.1, 0.15) is 28.2 Å². The van der Waals surface area contributed by atoms with Gasteiger partial charge in [0.15, 0.2) is 0 Å². The van der Waals surface area contributed by atoms with Crippen molar-refractivity contribution in [3.8, 4) is 0 Å². The molecule has 0 amide bonds. The van der Waals surface area contributed by atoms with E-state index in [2.05, 4.69) is 20.9 Å². The zero-order valence-corrected chi connectivity index (χ0v) is 15.0. The standard InChI is InChI=1S/C19H12BrFN2O3/c20-13-2-4-15(21)12(8-13)7-10-5-6-23-17(10)22-16-9-11(19(25)26)1-3-14(16)18(23)24/h1-4,7-9H,5-6H2,(H,25,26)/b10-7+. The smallest absolute Gasteiger partial charge is 0.335 e. The molecule has 5 nitrogen and oxygen atoms in total.